The zero-order valence-electron chi connectivity index (χ0n) is 18.5. The minimum Gasteiger partial charge on any atom is -0.359 e. The number of guanidine groups is 1. The fourth-order valence-electron chi connectivity index (χ4n) is 3.70. The van der Waals surface area contributed by atoms with E-state index in [9.17, 15) is 0 Å². The summed E-state index contributed by atoms with van der Waals surface area (Å²) < 4.78 is 5.49. The quantitative estimate of drug-likeness (QED) is 0.471. The number of hydrogen-bond acceptors (Lipinski definition) is 5. The third-order valence-electron chi connectivity index (χ3n) is 5.76. The Bertz CT molecular complexity index is 575. The van der Waals surface area contributed by atoms with Crippen LogP contribution in [-0.2, 0) is 6.54 Å². The summed E-state index contributed by atoms with van der Waals surface area (Å²) in [7, 11) is 0. The van der Waals surface area contributed by atoms with Crippen LogP contribution in [0.1, 0.15) is 64.8 Å². The lowest BCUT2D eigenvalue weighted by Gasteiger charge is -2.37. The van der Waals surface area contributed by atoms with Crippen molar-refractivity contribution in [3.05, 3.63) is 17.5 Å². The molecule has 2 N–H and O–H groups in total. The van der Waals surface area contributed by atoms with Gasteiger partial charge in [0.25, 0.3) is 0 Å². The van der Waals surface area contributed by atoms with Crippen LogP contribution in [0.5, 0.6) is 0 Å². The maximum Gasteiger partial charge on any atom is 0.191 e. The number of aromatic nitrogens is 1. The van der Waals surface area contributed by atoms with Crippen molar-refractivity contribution in [2.45, 2.75) is 66.0 Å². The number of rotatable bonds is 10. The molecule has 1 saturated heterocycles. The van der Waals surface area contributed by atoms with E-state index in [1.807, 2.05) is 0 Å². The Balaban J connectivity index is 1.85. The summed E-state index contributed by atoms with van der Waals surface area (Å²) in [4.78, 5) is 9.75. The van der Waals surface area contributed by atoms with Crippen molar-refractivity contribution in [1.82, 2.24) is 25.6 Å². The van der Waals surface area contributed by atoms with Crippen LogP contribution < -0.4 is 10.6 Å². The molecule has 160 valence electrons. The molecule has 0 amide bonds. The van der Waals surface area contributed by atoms with E-state index >= 15 is 0 Å². The number of nitrogens with zero attached hydrogens (tertiary/aromatic N) is 4. The van der Waals surface area contributed by atoms with Crippen molar-refractivity contribution in [1.29, 1.82) is 0 Å². The second-order valence-electron chi connectivity index (χ2n) is 7.63. The van der Waals surface area contributed by atoms with Gasteiger partial charge in [-0.05, 0) is 33.2 Å². The molecule has 1 aromatic heterocycles. The van der Waals surface area contributed by atoms with Crippen LogP contribution >= 0.6 is 0 Å². The molecule has 2 rings (SSSR count). The normalized spacial score (nSPS) is 17.9. The lowest BCUT2D eigenvalue weighted by Crippen LogP contribution is -2.53. The third kappa shape index (κ3) is 6.78. The summed E-state index contributed by atoms with van der Waals surface area (Å²) in [6, 6.07) is 2.54. The molecule has 1 aliphatic heterocycles. The molecule has 0 aromatic carbocycles. The number of nitrogens with one attached hydrogen (secondary N) is 2. The number of hydrogen-bond donors (Lipinski definition) is 2. The van der Waals surface area contributed by atoms with Crippen LogP contribution in [0.15, 0.2) is 15.6 Å². The second-order valence-corrected chi connectivity index (χ2v) is 7.63. The topological polar surface area (TPSA) is 68.9 Å². The molecule has 0 bridgehead atoms. The van der Waals surface area contributed by atoms with Crippen molar-refractivity contribution >= 4 is 5.96 Å². The van der Waals surface area contributed by atoms with Gasteiger partial charge < -0.3 is 20.1 Å². The van der Waals surface area contributed by atoms with E-state index in [4.69, 9.17) is 4.52 Å². The average Bonchev–Trinajstić information content (AvgIpc) is 3.19. The Morgan fingerprint density at radius 3 is 2.46 bits per heavy atom. The van der Waals surface area contributed by atoms with Crippen LogP contribution in [-0.4, -0.2) is 72.8 Å². The van der Waals surface area contributed by atoms with Crippen molar-refractivity contribution in [3.63, 3.8) is 0 Å². The van der Waals surface area contributed by atoms with Crippen LogP contribution in [0.3, 0.4) is 0 Å². The van der Waals surface area contributed by atoms with Crippen LogP contribution in [0.4, 0.5) is 0 Å². The van der Waals surface area contributed by atoms with E-state index in [1.54, 1.807) is 0 Å². The summed E-state index contributed by atoms with van der Waals surface area (Å²) in [5.41, 5.74) is 1.05. The van der Waals surface area contributed by atoms with E-state index < -0.39 is 0 Å². The molecule has 2 heterocycles. The smallest absolute Gasteiger partial charge is 0.191 e. The van der Waals surface area contributed by atoms with Crippen LogP contribution in [0.25, 0.3) is 0 Å². The molecule has 1 aliphatic rings. The molecule has 7 heteroatoms. The van der Waals surface area contributed by atoms with Gasteiger partial charge in [0.15, 0.2) is 11.7 Å². The minimum absolute atomic E-state index is 0.474. The van der Waals surface area contributed by atoms with Crippen molar-refractivity contribution in [2.75, 3.05) is 45.8 Å². The Kier molecular flexibility index (Phi) is 9.78. The Hall–Kier alpha value is -1.60. The second kappa shape index (κ2) is 12.1. The lowest BCUT2D eigenvalue weighted by atomic mass is 9.99. The fourth-order valence-corrected chi connectivity index (χ4v) is 3.70. The fraction of sp³-hybridized carbons (Fsp3) is 0.810. The molecule has 0 aliphatic carbocycles. The highest BCUT2D eigenvalue weighted by Crippen LogP contribution is 2.22. The SMILES string of the molecule is CCNC(=NCc1cc(C(CC)CC)no1)NCC(C)N1CCN(CC)CC1. The van der Waals surface area contributed by atoms with Crippen molar-refractivity contribution in [2.24, 2.45) is 4.99 Å². The summed E-state index contributed by atoms with van der Waals surface area (Å²) in [6.45, 7) is 19.0. The first-order valence-corrected chi connectivity index (χ1v) is 11.0. The van der Waals surface area contributed by atoms with Crippen LogP contribution in [0, 0.1) is 0 Å². The molecule has 1 fully saturated rings. The highest BCUT2D eigenvalue weighted by Gasteiger charge is 2.20. The van der Waals surface area contributed by atoms with Gasteiger partial charge in [0.2, 0.25) is 0 Å². The van der Waals surface area contributed by atoms with Gasteiger partial charge in [-0.15, -0.1) is 0 Å². The zero-order valence-corrected chi connectivity index (χ0v) is 18.5. The molecular weight excluding hydrogens is 352 g/mol. The van der Waals surface area contributed by atoms with E-state index in [0.29, 0.717) is 18.5 Å². The summed E-state index contributed by atoms with van der Waals surface area (Å²) in [6.07, 6.45) is 2.17. The standard InChI is InChI=1S/C21H40N6O/c1-6-18(7-2)20-14-19(28-25-20)16-24-21(22-8-3)23-15-17(5)27-12-10-26(9-4)11-13-27/h14,17-18H,6-13,15-16H2,1-5H3,(H2,22,23,24). The van der Waals surface area contributed by atoms with E-state index in [2.05, 4.69) is 71.3 Å². The van der Waals surface area contributed by atoms with Crippen molar-refractivity contribution < 1.29 is 4.52 Å². The Morgan fingerprint density at radius 2 is 1.86 bits per heavy atom. The molecule has 0 spiro atoms. The zero-order chi connectivity index (χ0) is 20.4. The van der Waals surface area contributed by atoms with Gasteiger partial charge >= 0.3 is 0 Å². The lowest BCUT2D eigenvalue weighted by molar-refractivity contribution is 0.107. The maximum absolute atomic E-state index is 5.49. The molecule has 0 saturated carbocycles. The Labute approximate surface area is 170 Å². The van der Waals surface area contributed by atoms with E-state index in [1.165, 1.54) is 13.1 Å². The number of piperazine rings is 1. The number of likely N-dealkylation sites (N-methyl/N-ethyl adjacent to an activating group) is 1. The monoisotopic (exact) mass is 392 g/mol. The van der Waals surface area contributed by atoms with Gasteiger partial charge in [-0.3, -0.25) is 4.90 Å². The van der Waals surface area contributed by atoms with Gasteiger partial charge in [-0.2, -0.15) is 0 Å². The molecule has 28 heavy (non-hydrogen) atoms. The minimum atomic E-state index is 0.474. The Morgan fingerprint density at radius 1 is 1.14 bits per heavy atom. The van der Waals surface area contributed by atoms with Gasteiger partial charge in [0, 0.05) is 57.3 Å². The predicted octanol–water partition coefficient (Wildman–Crippen LogP) is 2.66. The summed E-state index contributed by atoms with van der Waals surface area (Å²) in [5.74, 6) is 2.13. The average molecular weight is 393 g/mol. The van der Waals surface area contributed by atoms with Gasteiger partial charge in [-0.25, -0.2) is 4.99 Å². The van der Waals surface area contributed by atoms with E-state index in [0.717, 1.165) is 63.0 Å². The summed E-state index contributed by atoms with van der Waals surface area (Å²) >= 11 is 0. The first-order chi connectivity index (χ1) is 13.6. The predicted molar refractivity (Wildman–Crippen MR) is 116 cm³/mol. The highest BCUT2D eigenvalue weighted by molar-refractivity contribution is 5.79. The van der Waals surface area contributed by atoms with Gasteiger partial charge in [-0.1, -0.05) is 25.9 Å². The van der Waals surface area contributed by atoms with Gasteiger partial charge in [0.1, 0.15) is 6.54 Å². The van der Waals surface area contributed by atoms with E-state index in [-0.39, 0.29) is 0 Å². The molecule has 0 radical (unpaired) electrons. The van der Waals surface area contributed by atoms with Gasteiger partial charge in [0.05, 0.1) is 5.69 Å². The highest BCUT2D eigenvalue weighted by atomic mass is 16.5. The molecule has 1 atom stereocenters. The molecule has 7 nitrogen and oxygen atoms in total. The summed E-state index contributed by atoms with van der Waals surface area (Å²) in [5, 5.41) is 11.1. The molecule has 1 aromatic rings. The van der Waals surface area contributed by atoms with Crippen LogP contribution in [0.2, 0.25) is 0 Å². The largest absolute Gasteiger partial charge is 0.359 e. The molecular formula is C21H40N6O. The first kappa shape index (κ1) is 22.7. The first-order valence-electron chi connectivity index (χ1n) is 11.0. The third-order valence-corrected chi connectivity index (χ3v) is 5.76. The van der Waals surface area contributed by atoms with Crippen molar-refractivity contribution in [3.8, 4) is 0 Å². The maximum atomic E-state index is 5.49. The number of aliphatic imine (C=N–C) groups is 1. The molecule has 1 unspecified atom stereocenters.